The molecule has 0 spiro atoms. The lowest BCUT2D eigenvalue weighted by atomic mass is 9.55. The number of nitrogens with zero attached hydrogens (tertiary/aromatic N) is 3. The van der Waals surface area contributed by atoms with Crippen LogP contribution in [0.4, 0.5) is 0 Å². The van der Waals surface area contributed by atoms with Crippen molar-refractivity contribution < 1.29 is 0 Å². The Hall–Kier alpha value is -2.25. The van der Waals surface area contributed by atoms with Crippen molar-refractivity contribution in [1.82, 2.24) is 0 Å². The Bertz CT molecular complexity index is 671. The summed E-state index contributed by atoms with van der Waals surface area (Å²) < 4.78 is 0. The van der Waals surface area contributed by atoms with E-state index < -0.39 is 5.41 Å². The van der Waals surface area contributed by atoms with Crippen molar-refractivity contribution >= 4 is 0 Å². The summed E-state index contributed by atoms with van der Waals surface area (Å²) in [6, 6.07) is 6.45. The lowest BCUT2D eigenvalue weighted by Crippen LogP contribution is -2.45. The van der Waals surface area contributed by atoms with Gasteiger partial charge in [0.2, 0.25) is 0 Å². The van der Waals surface area contributed by atoms with Crippen LogP contribution in [-0.2, 0) is 0 Å². The lowest BCUT2D eigenvalue weighted by molar-refractivity contribution is 0.141. The fraction of sp³-hybridized carbons (Fsp3) is 0.632. The van der Waals surface area contributed by atoms with Gasteiger partial charge < -0.3 is 5.73 Å². The predicted molar refractivity (Wildman–Crippen MR) is 88.0 cm³/mol. The van der Waals surface area contributed by atoms with Gasteiger partial charge in [-0.1, -0.05) is 33.8 Å². The van der Waals surface area contributed by atoms with E-state index in [2.05, 4.69) is 45.1 Å². The maximum Gasteiger partial charge on any atom is 0.187 e. The minimum absolute atomic E-state index is 0.0548. The van der Waals surface area contributed by atoms with Crippen LogP contribution < -0.4 is 5.73 Å². The van der Waals surface area contributed by atoms with Gasteiger partial charge in [0.25, 0.3) is 0 Å². The van der Waals surface area contributed by atoms with Crippen LogP contribution in [0, 0.1) is 62.6 Å². The second kappa shape index (κ2) is 5.75. The highest BCUT2D eigenvalue weighted by molar-refractivity contribution is 5.56. The van der Waals surface area contributed by atoms with E-state index in [4.69, 9.17) is 5.73 Å². The molecule has 4 nitrogen and oxygen atoms in total. The first-order chi connectivity index (χ1) is 10.8. The van der Waals surface area contributed by atoms with E-state index in [9.17, 15) is 15.8 Å². The maximum absolute atomic E-state index is 9.73. The fourth-order valence-electron chi connectivity index (χ4n) is 4.21. The Morgan fingerprint density at radius 2 is 1.87 bits per heavy atom. The number of nitrogens with two attached hydrogens (primary N) is 1. The smallest absolute Gasteiger partial charge is 0.187 e. The van der Waals surface area contributed by atoms with Crippen molar-refractivity contribution in [1.29, 1.82) is 15.8 Å². The van der Waals surface area contributed by atoms with Crippen LogP contribution >= 0.6 is 0 Å². The molecule has 23 heavy (non-hydrogen) atoms. The van der Waals surface area contributed by atoms with E-state index in [1.807, 2.05) is 6.92 Å². The summed E-state index contributed by atoms with van der Waals surface area (Å²) in [5, 5.41) is 29.0. The van der Waals surface area contributed by atoms with Crippen LogP contribution in [0.2, 0.25) is 0 Å². The molecule has 0 aromatic carbocycles. The summed E-state index contributed by atoms with van der Waals surface area (Å²) >= 11 is 0. The van der Waals surface area contributed by atoms with Crippen LogP contribution in [0.25, 0.3) is 0 Å². The number of hydrogen-bond acceptors (Lipinski definition) is 4. The molecule has 0 saturated carbocycles. The minimum Gasteiger partial charge on any atom is -0.399 e. The first kappa shape index (κ1) is 17.1. The number of rotatable bonds is 1. The van der Waals surface area contributed by atoms with E-state index >= 15 is 0 Å². The molecule has 0 amide bonds. The van der Waals surface area contributed by atoms with Crippen LogP contribution in [0.1, 0.15) is 47.0 Å². The summed E-state index contributed by atoms with van der Waals surface area (Å²) in [4.78, 5) is 0. The van der Waals surface area contributed by atoms with Crippen molar-refractivity contribution in [3.8, 4) is 18.2 Å². The first-order valence-corrected chi connectivity index (χ1v) is 8.20. The van der Waals surface area contributed by atoms with Gasteiger partial charge in [-0.25, -0.2) is 0 Å². The highest BCUT2D eigenvalue weighted by atomic mass is 14.7. The van der Waals surface area contributed by atoms with E-state index in [0.717, 1.165) is 18.4 Å². The Kier molecular flexibility index (Phi) is 4.28. The molecular weight excluding hydrogens is 284 g/mol. The molecule has 0 unspecified atom stereocenters. The van der Waals surface area contributed by atoms with Gasteiger partial charge in [-0.05, 0) is 42.1 Å². The van der Waals surface area contributed by atoms with Gasteiger partial charge in [0.15, 0.2) is 5.41 Å². The summed E-state index contributed by atoms with van der Waals surface area (Å²) in [5.74, 6) is 0.366. The Morgan fingerprint density at radius 3 is 2.30 bits per heavy atom. The van der Waals surface area contributed by atoms with Gasteiger partial charge in [0.05, 0.1) is 23.4 Å². The third kappa shape index (κ3) is 2.42. The Morgan fingerprint density at radius 1 is 1.26 bits per heavy atom. The van der Waals surface area contributed by atoms with E-state index in [-0.39, 0.29) is 22.9 Å². The average molecular weight is 308 g/mol. The lowest BCUT2D eigenvalue weighted by Gasteiger charge is -2.46. The van der Waals surface area contributed by atoms with Crippen molar-refractivity contribution in [2.75, 3.05) is 0 Å². The number of fused-ring (bicyclic) bond motifs is 1. The molecule has 4 heteroatoms. The van der Waals surface area contributed by atoms with E-state index in [1.165, 1.54) is 0 Å². The summed E-state index contributed by atoms with van der Waals surface area (Å²) in [7, 11) is 0. The van der Waals surface area contributed by atoms with Gasteiger partial charge in [-0.3, -0.25) is 0 Å². The monoisotopic (exact) mass is 308 g/mol. The first-order valence-electron chi connectivity index (χ1n) is 8.20. The molecule has 0 radical (unpaired) electrons. The van der Waals surface area contributed by atoms with Gasteiger partial charge in [-0.15, -0.1) is 0 Å². The zero-order valence-electron chi connectivity index (χ0n) is 14.3. The van der Waals surface area contributed by atoms with Crippen LogP contribution in [0.15, 0.2) is 22.9 Å². The Labute approximate surface area is 138 Å². The molecule has 0 aromatic heterocycles. The molecule has 0 aliphatic heterocycles. The molecule has 2 aliphatic rings. The standard InChI is InChI=1S/C19H24N4/c1-5-16-14-8-12(18(2,3)4)6-7-13(14)15(9-20)17(23)19(16,10-21)11-22/h7,12,14,16H,5-6,8,23H2,1-4H3/t12-,14+,16-/m1/s1. The van der Waals surface area contributed by atoms with Crippen LogP contribution in [-0.4, -0.2) is 0 Å². The van der Waals surface area contributed by atoms with Crippen molar-refractivity contribution in [3.05, 3.63) is 22.9 Å². The number of nitriles is 3. The van der Waals surface area contributed by atoms with Crippen molar-refractivity contribution in [2.24, 2.45) is 34.3 Å². The second-order valence-corrected chi connectivity index (χ2v) is 7.75. The molecular formula is C19H24N4. The third-order valence-electron chi connectivity index (χ3n) is 5.71. The molecule has 0 heterocycles. The SMILES string of the molecule is CC[C@@H]1[C@H]2C[C@H](C(C)(C)C)CC=C2C(C#N)=C(N)C1(C#N)C#N. The number of hydrogen-bond donors (Lipinski definition) is 1. The summed E-state index contributed by atoms with van der Waals surface area (Å²) in [6.45, 7) is 8.66. The van der Waals surface area contributed by atoms with E-state index in [1.54, 1.807) is 0 Å². The van der Waals surface area contributed by atoms with Gasteiger partial charge >= 0.3 is 0 Å². The van der Waals surface area contributed by atoms with E-state index in [0.29, 0.717) is 17.9 Å². The summed E-state index contributed by atoms with van der Waals surface area (Å²) in [6.07, 6.45) is 4.63. The zero-order chi connectivity index (χ0) is 17.4. The largest absolute Gasteiger partial charge is 0.399 e. The van der Waals surface area contributed by atoms with Crippen molar-refractivity contribution in [2.45, 2.75) is 47.0 Å². The van der Waals surface area contributed by atoms with Gasteiger partial charge in [0, 0.05) is 5.92 Å². The quantitative estimate of drug-likeness (QED) is 0.796. The maximum atomic E-state index is 9.73. The topological polar surface area (TPSA) is 97.4 Å². The Balaban J connectivity index is 2.66. The predicted octanol–water partition coefficient (Wildman–Crippen LogP) is 3.79. The van der Waals surface area contributed by atoms with Crippen LogP contribution in [0.3, 0.4) is 0 Å². The fourth-order valence-corrected chi connectivity index (χ4v) is 4.21. The normalized spacial score (nSPS) is 29.6. The van der Waals surface area contributed by atoms with Crippen LogP contribution in [0.5, 0.6) is 0 Å². The highest BCUT2D eigenvalue weighted by Crippen LogP contribution is 2.54. The molecule has 0 fully saturated rings. The molecule has 2 aliphatic carbocycles. The van der Waals surface area contributed by atoms with Gasteiger partial charge in [-0.2, -0.15) is 15.8 Å². The molecule has 0 saturated heterocycles. The molecule has 2 N–H and O–H groups in total. The third-order valence-corrected chi connectivity index (χ3v) is 5.71. The van der Waals surface area contributed by atoms with Crippen molar-refractivity contribution in [3.63, 3.8) is 0 Å². The molecule has 0 aromatic rings. The molecule has 3 atom stereocenters. The summed E-state index contributed by atoms with van der Waals surface area (Å²) in [5.41, 5.74) is 6.38. The molecule has 120 valence electrons. The second-order valence-electron chi connectivity index (χ2n) is 7.75. The molecule has 0 bridgehead atoms. The average Bonchev–Trinajstić information content (AvgIpc) is 2.52. The van der Waals surface area contributed by atoms with Gasteiger partial charge in [0.1, 0.15) is 6.07 Å². The highest BCUT2D eigenvalue weighted by Gasteiger charge is 2.53. The zero-order valence-corrected chi connectivity index (χ0v) is 14.3. The number of allylic oxidation sites excluding steroid dienone is 4. The molecule has 2 rings (SSSR count). The minimum atomic E-state index is -1.39.